The van der Waals surface area contributed by atoms with E-state index in [9.17, 15) is 13.2 Å². The van der Waals surface area contributed by atoms with Crippen molar-refractivity contribution in [1.29, 1.82) is 0 Å². The predicted octanol–water partition coefficient (Wildman–Crippen LogP) is 0.715. The molecule has 2 heterocycles. The van der Waals surface area contributed by atoms with Gasteiger partial charge in [-0.3, -0.25) is 4.79 Å². The van der Waals surface area contributed by atoms with Crippen molar-refractivity contribution in [2.75, 3.05) is 18.9 Å². The normalized spacial score (nSPS) is 19.3. The molecule has 0 amide bonds. The van der Waals surface area contributed by atoms with Gasteiger partial charge in [0.1, 0.15) is 5.92 Å². The van der Waals surface area contributed by atoms with E-state index in [-0.39, 0.29) is 25.4 Å². The minimum Gasteiger partial charge on any atom is -0.465 e. The maximum absolute atomic E-state index is 12.2. The largest absolute Gasteiger partial charge is 0.465 e. The highest BCUT2D eigenvalue weighted by molar-refractivity contribution is 7.89. The van der Waals surface area contributed by atoms with Crippen LogP contribution < -0.4 is 0 Å². The Balaban J connectivity index is 2.43. The Morgan fingerprint density at radius 2 is 2.14 bits per heavy atom. The van der Waals surface area contributed by atoms with Crippen LogP contribution in [0.3, 0.4) is 0 Å². The molecule has 0 saturated heterocycles. The van der Waals surface area contributed by atoms with Gasteiger partial charge in [-0.25, -0.2) is 13.4 Å². The van der Waals surface area contributed by atoms with E-state index in [4.69, 9.17) is 4.74 Å². The van der Waals surface area contributed by atoms with Crippen molar-refractivity contribution in [3.8, 4) is 0 Å². The lowest BCUT2D eigenvalue weighted by Gasteiger charge is -2.31. The van der Waals surface area contributed by atoms with E-state index in [1.54, 1.807) is 20.2 Å². The third-order valence-electron chi connectivity index (χ3n) is 3.67. The zero-order chi connectivity index (χ0) is 15.6. The molecule has 0 aliphatic carbocycles. The first kappa shape index (κ1) is 16.0. The first-order valence-corrected chi connectivity index (χ1v) is 8.73. The monoisotopic (exact) mass is 315 g/mol. The van der Waals surface area contributed by atoms with Gasteiger partial charge in [0.15, 0.2) is 0 Å². The van der Waals surface area contributed by atoms with E-state index in [1.807, 2.05) is 11.5 Å². The molecular weight excluding hydrogens is 294 g/mol. The molecule has 1 aliphatic rings. The van der Waals surface area contributed by atoms with Gasteiger partial charge in [-0.2, -0.15) is 4.31 Å². The number of carbonyl (C=O) groups excluding carboxylic acids is 1. The van der Waals surface area contributed by atoms with Crippen LogP contribution in [0.5, 0.6) is 0 Å². The van der Waals surface area contributed by atoms with Crippen LogP contribution in [0.25, 0.3) is 0 Å². The highest BCUT2D eigenvalue weighted by Crippen LogP contribution is 2.30. The van der Waals surface area contributed by atoms with Crippen LogP contribution in [0.15, 0.2) is 6.33 Å². The quantitative estimate of drug-likeness (QED) is 0.748. The summed E-state index contributed by atoms with van der Waals surface area (Å²) in [4.78, 5) is 16.5. The molecule has 1 aliphatic heterocycles. The molecule has 1 aromatic rings. The molecule has 2 rings (SSSR count). The lowest BCUT2D eigenvalue weighted by molar-refractivity contribution is -0.145. The fourth-order valence-electron chi connectivity index (χ4n) is 2.55. The molecule has 0 N–H and O–H groups in total. The summed E-state index contributed by atoms with van der Waals surface area (Å²) in [6.07, 6.45) is 1.65. The molecular formula is C13H21N3O4S. The van der Waals surface area contributed by atoms with Crippen LogP contribution in [0, 0.1) is 0 Å². The maximum atomic E-state index is 12.2. The molecule has 1 atom stereocenters. The minimum atomic E-state index is -3.37. The topological polar surface area (TPSA) is 81.5 Å². The molecule has 0 saturated carbocycles. The van der Waals surface area contributed by atoms with Gasteiger partial charge in [-0.15, -0.1) is 0 Å². The van der Waals surface area contributed by atoms with Gasteiger partial charge < -0.3 is 9.30 Å². The van der Waals surface area contributed by atoms with Crippen molar-refractivity contribution in [3.63, 3.8) is 0 Å². The summed E-state index contributed by atoms with van der Waals surface area (Å²) < 4.78 is 32.5. The van der Waals surface area contributed by atoms with Crippen molar-refractivity contribution >= 4 is 16.0 Å². The van der Waals surface area contributed by atoms with Crippen molar-refractivity contribution < 1.29 is 17.9 Å². The Labute approximate surface area is 125 Å². The highest BCUT2D eigenvalue weighted by Gasteiger charge is 2.38. The Hall–Kier alpha value is -1.41. The van der Waals surface area contributed by atoms with Crippen LogP contribution >= 0.6 is 0 Å². The molecule has 7 nitrogen and oxygen atoms in total. The number of carbonyl (C=O) groups is 1. The average Bonchev–Trinajstić information content (AvgIpc) is 2.89. The fraction of sp³-hybridized carbons (Fsp3) is 0.692. The smallest absolute Gasteiger partial charge is 0.316 e. The SMILES string of the molecule is CCOC(=O)[C@H]1CN(S(=O)(=O)CC)Cc2ncn(CC)c21. The van der Waals surface area contributed by atoms with Crippen molar-refractivity contribution in [1.82, 2.24) is 13.9 Å². The molecule has 0 unspecified atom stereocenters. The second-order valence-corrected chi connectivity index (χ2v) is 7.12. The maximum Gasteiger partial charge on any atom is 0.316 e. The van der Waals surface area contributed by atoms with Crippen molar-refractivity contribution in [2.24, 2.45) is 0 Å². The van der Waals surface area contributed by atoms with E-state index in [0.29, 0.717) is 12.2 Å². The van der Waals surface area contributed by atoms with E-state index in [2.05, 4.69) is 4.98 Å². The zero-order valence-electron chi connectivity index (χ0n) is 12.6. The summed E-state index contributed by atoms with van der Waals surface area (Å²) in [7, 11) is -3.37. The average molecular weight is 315 g/mol. The second kappa shape index (κ2) is 6.15. The van der Waals surface area contributed by atoms with E-state index in [0.717, 1.165) is 5.69 Å². The number of fused-ring (bicyclic) bond motifs is 1. The third-order valence-corrected chi connectivity index (χ3v) is 5.47. The summed E-state index contributed by atoms with van der Waals surface area (Å²) in [6, 6.07) is 0. The summed E-state index contributed by atoms with van der Waals surface area (Å²) in [6.45, 7) is 6.57. The lowest BCUT2D eigenvalue weighted by Crippen LogP contribution is -2.42. The molecule has 0 aromatic carbocycles. The number of ether oxygens (including phenoxy) is 1. The minimum absolute atomic E-state index is 0.00631. The van der Waals surface area contributed by atoms with Crippen molar-refractivity contribution in [2.45, 2.75) is 39.8 Å². The fourth-order valence-corrected chi connectivity index (χ4v) is 3.61. The van der Waals surface area contributed by atoms with Gasteiger partial charge in [-0.05, 0) is 20.8 Å². The molecule has 8 heteroatoms. The van der Waals surface area contributed by atoms with Gasteiger partial charge in [0, 0.05) is 13.1 Å². The molecule has 118 valence electrons. The Kier molecular flexibility index (Phi) is 4.67. The first-order chi connectivity index (χ1) is 9.94. The van der Waals surface area contributed by atoms with Gasteiger partial charge in [0.25, 0.3) is 0 Å². The Morgan fingerprint density at radius 1 is 1.43 bits per heavy atom. The number of aromatic nitrogens is 2. The van der Waals surface area contributed by atoms with E-state index < -0.39 is 21.9 Å². The number of rotatable bonds is 5. The molecule has 0 spiro atoms. The van der Waals surface area contributed by atoms with Crippen molar-refractivity contribution in [3.05, 3.63) is 17.7 Å². The molecule has 0 bridgehead atoms. The van der Waals surface area contributed by atoms with Gasteiger partial charge in [0.2, 0.25) is 10.0 Å². The summed E-state index contributed by atoms with van der Waals surface area (Å²) >= 11 is 0. The predicted molar refractivity (Wildman–Crippen MR) is 77.1 cm³/mol. The summed E-state index contributed by atoms with van der Waals surface area (Å²) in [5.74, 6) is -1.01. The van der Waals surface area contributed by atoms with Crippen LogP contribution in [0.4, 0.5) is 0 Å². The number of nitrogens with zero attached hydrogens (tertiary/aromatic N) is 3. The molecule has 0 fully saturated rings. The van der Waals surface area contributed by atoms with E-state index in [1.165, 1.54) is 4.31 Å². The number of aryl methyl sites for hydroxylation is 1. The van der Waals surface area contributed by atoms with Crippen LogP contribution in [-0.4, -0.2) is 47.1 Å². The Morgan fingerprint density at radius 3 is 2.71 bits per heavy atom. The number of imidazole rings is 1. The molecule has 0 radical (unpaired) electrons. The molecule has 1 aromatic heterocycles. The van der Waals surface area contributed by atoms with Crippen LogP contribution in [-0.2, 0) is 32.6 Å². The molecule has 21 heavy (non-hydrogen) atoms. The van der Waals surface area contributed by atoms with E-state index >= 15 is 0 Å². The number of hydrogen-bond donors (Lipinski definition) is 0. The third kappa shape index (κ3) is 2.96. The van der Waals surface area contributed by atoms with Crippen LogP contribution in [0.2, 0.25) is 0 Å². The zero-order valence-corrected chi connectivity index (χ0v) is 13.4. The number of hydrogen-bond acceptors (Lipinski definition) is 5. The Bertz CT molecular complexity index is 623. The highest BCUT2D eigenvalue weighted by atomic mass is 32.2. The summed E-state index contributed by atoms with van der Waals surface area (Å²) in [5.41, 5.74) is 1.41. The first-order valence-electron chi connectivity index (χ1n) is 7.12. The van der Waals surface area contributed by atoms with Gasteiger partial charge in [0.05, 0.1) is 36.6 Å². The number of esters is 1. The standard InChI is InChI=1S/C13H21N3O4S/c1-4-15-9-14-11-8-16(21(18,19)6-3)7-10(12(11)15)13(17)20-5-2/h9-10H,4-8H2,1-3H3/t10-/m0/s1. The lowest BCUT2D eigenvalue weighted by atomic mass is 10.00. The summed E-state index contributed by atoms with van der Waals surface area (Å²) in [5, 5.41) is 0. The second-order valence-electron chi connectivity index (χ2n) is 4.86. The van der Waals surface area contributed by atoms with Gasteiger partial charge in [-0.1, -0.05) is 0 Å². The van der Waals surface area contributed by atoms with Gasteiger partial charge >= 0.3 is 5.97 Å². The number of sulfonamides is 1. The van der Waals surface area contributed by atoms with Crippen LogP contribution in [0.1, 0.15) is 38.1 Å².